The third-order valence-corrected chi connectivity index (χ3v) is 3.70. The Balaban J connectivity index is 1.80. The third-order valence-electron chi connectivity index (χ3n) is 3.70. The molecule has 3 rings (SSSR count). The fourth-order valence-corrected chi connectivity index (χ4v) is 2.49. The Kier molecular flexibility index (Phi) is 3.30. The standard InChI is InChI=1S/C15H17FN2O2/c1-10-5-11(7-12(16)6-10)14-17-13(20-18-14)8-15(3-4-15)9-19-2/h5-7H,3-4,8-9H2,1-2H3. The van der Waals surface area contributed by atoms with Crippen molar-refractivity contribution in [2.24, 2.45) is 5.41 Å². The second-order valence-corrected chi connectivity index (χ2v) is 5.64. The first-order chi connectivity index (χ1) is 9.60. The van der Waals surface area contributed by atoms with E-state index in [1.165, 1.54) is 12.1 Å². The fraction of sp³-hybridized carbons (Fsp3) is 0.467. The molecule has 0 N–H and O–H groups in total. The maximum atomic E-state index is 13.4. The zero-order valence-electron chi connectivity index (χ0n) is 11.6. The number of methoxy groups -OCH3 is 1. The van der Waals surface area contributed by atoms with Crippen LogP contribution in [0.15, 0.2) is 22.7 Å². The zero-order chi connectivity index (χ0) is 14.2. The lowest BCUT2D eigenvalue weighted by Crippen LogP contribution is -2.12. The Bertz CT molecular complexity index is 600. The minimum Gasteiger partial charge on any atom is -0.384 e. The van der Waals surface area contributed by atoms with E-state index in [1.54, 1.807) is 7.11 Å². The molecule has 1 aliphatic rings. The lowest BCUT2D eigenvalue weighted by molar-refractivity contribution is 0.135. The van der Waals surface area contributed by atoms with Crippen LogP contribution < -0.4 is 0 Å². The van der Waals surface area contributed by atoms with Gasteiger partial charge in [-0.3, -0.25) is 0 Å². The van der Waals surface area contributed by atoms with Gasteiger partial charge in [0.15, 0.2) is 0 Å². The molecule has 4 nitrogen and oxygen atoms in total. The molecule has 1 saturated carbocycles. The van der Waals surface area contributed by atoms with Crippen molar-refractivity contribution in [2.75, 3.05) is 13.7 Å². The predicted octanol–water partition coefficient (Wildman–Crippen LogP) is 3.15. The van der Waals surface area contributed by atoms with Crippen molar-refractivity contribution < 1.29 is 13.7 Å². The second-order valence-electron chi connectivity index (χ2n) is 5.64. The predicted molar refractivity (Wildman–Crippen MR) is 71.7 cm³/mol. The average molecular weight is 276 g/mol. The van der Waals surface area contributed by atoms with E-state index in [2.05, 4.69) is 10.1 Å². The van der Waals surface area contributed by atoms with Gasteiger partial charge in [0.25, 0.3) is 0 Å². The summed E-state index contributed by atoms with van der Waals surface area (Å²) in [4.78, 5) is 4.37. The Morgan fingerprint density at radius 1 is 1.35 bits per heavy atom. The fourth-order valence-electron chi connectivity index (χ4n) is 2.49. The number of ether oxygens (including phenoxy) is 1. The monoisotopic (exact) mass is 276 g/mol. The number of aromatic nitrogens is 2. The number of halogens is 1. The molecular formula is C15H17FN2O2. The summed E-state index contributed by atoms with van der Waals surface area (Å²) in [6, 6.07) is 4.74. The summed E-state index contributed by atoms with van der Waals surface area (Å²) in [6.45, 7) is 2.55. The highest BCUT2D eigenvalue weighted by atomic mass is 19.1. The third kappa shape index (κ3) is 2.72. The number of nitrogens with zero attached hydrogens (tertiary/aromatic N) is 2. The van der Waals surface area contributed by atoms with Gasteiger partial charge in [-0.05, 0) is 43.5 Å². The van der Waals surface area contributed by atoms with Crippen LogP contribution in [0.2, 0.25) is 0 Å². The summed E-state index contributed by atoms with van der Waals surface area (Å²) in [7, 11) is 1.70. The highest BCUT2D eigenvalue weighted by Gasteiger charge is 2.44. The number of hydrogen-bond donors (Lipinski definition) is 0. The molecule has 1 aromatic carbocycles. The van der Waals surface area contributed by atoms with E-state index < -0.39 is 0 Å². The van der Waals surface area contributed by atoms with Gasteiger partial charge >= 0.3 is 0 Å². The molecule has 2 aromatic rings. The molecule has 106 valence electrons. The smallest absolute Gasteiger partial charge is 0.227 e. The van der Waals surface area contributed by atoms with Crippen LogP contribution in [0.4, 0.5) is 4.39 Å². The highest BCUT2D eigenvalue weighted by Crippen LogP contribution is 2.48. The number of rotatable bonds is 5. The first kappa shape index (κ1) is 13.2. The molecule has 1 aliphatic carbocycles. The topological polar surface area (TPSA) is 48.2 Å². The molecule has 0 unspecified atom stereocenters. The largest absolute Gasteiger partial charge is 0.384 e. The van der Waals surface area contributed by atoms with Gasteiger partial charge < -0.3 is 9.26 Å². The van der Waals surface area contributed by atoms with Gasteiger partial charge in [0, 0.05) is 24.5 Å². The van der Waals surface area contributed by atoms with E-state index in [4.69, 9.17) is 9.26 Å². The molecule has 1 aromatic heterocycles. The molecule has 0 aliphatic heterocycles. The second kappa shape index (κ2) is 4.98. The van der Waals surface area contributed by atoms with Crippen LogP contribution in [0, 0.1) is 18.2 Å². The van der Waals surface area contributed by atoms with Gasteiger partial charge in [-0.2, -0.15) is 4.98 Å². The van der Waals surface area contributed by atoms with Gasteiger partial charge in [0.1, 0.15) is 5.82 Å². The normalized spacial score (nSPS) is 16.4. The summed E-state index contributed by atoms with van der Waals surface area (Å²) in [5.41, 5.74) is 1.65. The van der Waals surface area contributed by atoms with Crippen molar-refractivity contribution in [1.82, 2.24) is 10.1 Å². The zero-order valence-corrected chi connectivity index (χ0v) is 11.6. The minimum atomic E-state index is -0.288. The minimum absolute atomic E-state index is 0.163. The van der Waals surface area contributed by atoms with E-state index in [9.17, 15) is 4.39 Å². The highest BCUT2D eigenvalue weighted by molar-refractivity contribution is 5.55. The van der Waals surface area contributed by atoms with Crippen LogP contribution in [0.5, 0.6) is 0 Å². The van der Waals surface area contributed by atoms with Crippen LogP contribution in [0.1, 0.15) is 24.3 Å². The van der Waals surface area contributed by atoms with Gasteiger partial charge in [0.2, 0.25) is 11.7 Å². The number of hydrogen-bond acceptors (Lipinski definition) is 4. The molecule has 0 radical (unpaired) electrons. The van der Waals surface area contributed by atoms with Crippen LogP contribution in [0.25, 0.3) is 11.4 Å². The van der Waals surface area contributed by atoms with Crippen molar-refractivity contribution in [3.05, 3.63) is 35.5 Å². The van der Waals surface area contributed by atoms with Crippen molar-refractivity contribution in [2.45, 2.75) is 26.2 Å². The molecule has 0 saturated heterocycles. The van der Waals surface area contributed by atoms with E-state index in [-0.39, 0.29) is 11.2 Å². The Morgan fingerprint density at radius 2 is 2.15 bits per heavy atom. The summed E-state index contributed by atoms with van der Waals surface area (Å²) in [5, 5.41) is 3.95. The first-order valence-electron chi connectivity index (χ1n) is 6.69. The van der Waals surface area contributed by atoms with Gasteiger partial charge in [0.05, 0.1) is 6.61 Å². The van der Waals surface area contributed by atoms with Crippen LogP contribution >= 0.6 is 0 Å². The van der Waals surface area contributed by atoms with Crippen LogP contribution in [0.3, 0.4) is 0 Å². The average Bonchev–Trinajstić information content (AvgIpc) is 2.97. The van der Waals surface area contributed by atoms with E-state index in [1.807, 2.05) is 13.0 Å². The molecule has 1 heterocycles. The molecule has 0 bridgehead atoms. The van der Waals surface area contributed by atoms with E-state index in [0.717, 1.165) is 24.8 Å². The number of aryl methyl sites for hydroxylation is 1. The van der Waals surface area contributed by atoms with Gasteiger partial charge in [-0.1, -0.05) is 5.16 Å². The summed E-state index contributed by atoms with van der Waals surface area (Å²) >= 11 is 0. The lowest BCUT2D eigenvalue weighted by atomic mass is 10.0. The maximum absolute atomic E-state index is 13.4. The van der Waals surface area contributed by atoms with Crippen molar-refractivity contribution >= 4 is 0 Å². The molecular weight excluding hydrogens is 259 g/mol. The maximum Gasteiger partial charge on any atom is 0.227 e. The van der Waals surface area contributed by atoms with Crippen LogP contribution in [-0.4, -0.2) is 23.9 Å². The van der Waals surface area contributed by atoms with Gasteiger partial charge in [-0.15, -0.1) is 0 Å². The SMILES string of the molecule is COCC1(Cc2nc(-c3cc(C)cc(F)c3)no2)CC1. The molecule has 1 fully saturated rings. The molecule has 20 heavy (non-hydrogen) atoms. The molecule has 0 atom stereocenters. The summed E-state index contributed by atoms with van der Waals surface area (Å²) in [5.74, 6) is 0.747. The molecule has 5 heteroatoms. The summed E-state index contributed by atoms with van der Waals surface area (Å²) < 4.78 is 23.9. The molecule has 0 amide bonds. The van der Waals surface area contributed by atoms with Crippen molar-refractivity contribution in [3.63, 3.8) is 0 Å². The number of benzene rings is 1. The van der Waals surface area contributed by atoms with Crippen LogP contribution in [-0.2, 0) is 11.2 Å². The first-order valence-corrected chi connectivity index (χ1v) is 6.69. The Morgan fingerprint density at radius 3 is 2.80 bits per heavy atom. The quantitative estimate of drug-likeness (QED) is 0.841. The Hall–Kier alpha value is -1.75. The van der Waals surface area contributed by atoms with Crippen molar-refractivity contribution in [1.29, 1.82) is 0 Å². The Labute approximate surface area is 117 Å². The van der Waals surface area contributed by atoms with Gasteiger partial charge in [-0.25, -0.2) is 4.39 Å². The van der Waals surface area contributed by atoms with Crippen molar-refractivity contribution in [3.8, 4) is 11.4 Å². The molecule has 0 spiro atoms. The van der Waals surface area contributed by atoms with E-state index in [0.29, 0.717) is 23.9 Å². The lowest BCUT2D eigenvalue weighted by Gasteiger charge is -2.09. The van der Waals surface area contributed by atoms with E-state index >= 15 is 0 Å². The summed E-state index contributed by atoms with van der Waals surface area (Å²) in [6.07, 6.45) is 2.97.